The Bertz CT molecular complexity index is 853. The van der Waals surface area contributed by atoms with Gasteiger partial charge in [0.05, 0.1) is 0 Å². The Morgan fingerprint density at radius 1 is 1.03 bits per heavy atom. The molecular formula is C22H26ClN3O2S. The van der Waals surface area contributed by atoms with E-state index in [1.54, 1.807) is 5.38 Å². The first-order valence-electron chi connectivity index (χ1n) is 10.4. The molecule has 1 N–H and O–H groups in total. The zero-order valence-corrected chi connectivity index (χ0v) is 18.0. The molecule has 2 fully saturated rings. The van der Waals surface area contributed by atoms with Gasteiger partial charge in [0.1, 0.15) is 10.7 Å². The van der Waals surface area contributed by atoms with E-state index in [9.17, 15) is 9.59 Å². The summed E-state index contributed by atoms with van der Waals surface area (Å²) >= 11 is 7.38. The van der Waals surface area contributed by atoms with E-state index in [1.807, 2.05) is 29.2 Å². The van der Waals surface area contributed by atoms with Gasteiger partial charge in [-0.1, -0.05) is 43.0 Å². The Morgan fingerprint density at radius 2 is 1.72 bits per heavy atom. The van der Waals surface area contributed by atoms with E-state index < -0.39 is 0 Å². The minimum atomic E-state index is -0.140. The van der Waals surface area contributed by atoms with Crippen LogP contribution in [0, 0.1) is 5.92 Å². The predicted molar refractivity (Wildman–Crippen MR) is 116 cm³/mol. The standard InChI is InChI=1S/C22H26ClN3O2S/c23-17-8-6-15(7-9-17)21-25-19(14-29-21)20(27)24-18-10-12-26(13-11-18)22(28)16-4-2-1-3-5-16/h6-9,14,16,18H,1-5,10-13H2,(H,24,27). The van der Waals surface area contributed by atoms with Crippen molar-refractivity contribution in [2.24, 2.45) is 5.92 Å². The number of likely N-dealkylation sites (tertiary alicyclic amines) is 1. The van der Waals surface area contributed by atoms with Crippen molar-refractivity contribution in [3.63, 3.8) is 0 Å². The number of rotatable bonds is 4. The Balaban J connectivity index is 1.29. The number of amides is 2. The zero-order valence-electron chi connectivity index (χ0n) is 16.4. The van der Waals surface area contributed by atoms with Gasteiger partial charge >= 0.3 is 0 Å². The molecule has 4 rings (SSSR count). The average Bonchev–Trinajstić information content (AvgIpc) is 3.25. The third kappa shape index (κ3) is 4.98. The summed E-state index contributed by atoms with van der Waals surface area (Å²) in [5.74, 6) is 0.399. The largest absolute Gasteiger partial charge is 0.348 e. The lowest BCUT2D eigenvalue weighted by molar-refractivity contribution is -0.137. The van der Waals surface area contributed by atoms with E-state index in [4.69, 9.17) is 11.6 Å². The highest BCUT2D eigenvalue weighted by Crippen LogP contribution is 2.27. The van der Waals surface area contributed by atoms with E-state index in [-0.39, 0.29) is 17.9 Å². The molecule has 2 aromatic rings. The van der Waals surface area contributed by atoms with Gasteiger partial charge in [-0.2, -0.15) is 0 Å². The van der Waals surface area contributed by atoms with Crippen molar-refractivity contribution in [1.29, 1.82) is 0 Å². The Labute approximate surface area is 180 Å². The van der Waals surface area contributed by atoms with Crippen LogP contribution < -0.4 is 5.32 Å². The molecule has 2 amide bonds. The molecule has 1 aromatic heterocycles. The van der Waals surface area contributed by atoms with Crippen LogP contribution in [0.1, 0.15) is 55.4 Å². The van der Waals surface area contributed by atoms with Crippen LogP contribution in [0.3, 0.4) is 0 Å². The van der Waals surface area contributed by atoms with Gasteiger partial charge in [-0.05, 0) is 37.8 Å². The van der Waals surface area contributed by atoms with Crippen molar-refractivity contribution in [2.45, 2.75) is 51.0 Å². The summed E-state index contributed by atoms with van der Waals surface area (Å²) in [7, 11) is 0. The van der Waals surface area contributed by atoms with E-state index in [1.165, 1.54) is 30.6 Å². The molecule has 154 valence electrons. The molecule has 2 aliphatic rings. The molecule has 0 spiro atoms. The molecule has 1 aliphatic heterocycles. The highest BCUT2D eigenvalue weighted by atomic mass is 35.5. The van der Waals surface area contributed by atoms with Crippen LogP contribution in [-0.2, 0) is 4.79 Å². The number of benzene rings is 1. The molecule has 1 aromatic carbocycles. The van der Waals surface area contributed by atoms with Crippen molar-refractivity contribution in [1.82, 2.24) is 15.2 Å². The van der Waals surface area contributed by atoms with Crippen molar-refractivity contribution in [3.8, 4) is 10.6 Å². The summed E-state index contributed by atoms with van der Waals surface area (Å²) in [5.41, 5.74) is 1.40. The molecule has 0 radical (unpaired) electrons. The summed E-state index contributed by atoms with van der Waals surface area (Å²) in [4.78, 5) is 31.8. The first kappa shape index (κ1) is 20.4. The number of aromatic nitrogens is 1. The second-order valence-corrected chi connectivity index (χ2v) is 9.25. The fourth-order valence-electron chi connectivity index (χ4n) is 4.21. The molecule has 0 unspecified atom stereocenters. The summed E-state index contributed by atoms with van der Waals surface area (Å²) in [5, 5.41) is 6.37. The number of carbonyl (C=O) groups excluding carboxylic acids is 2. The lowest BCUT2D eigenvalue weighted by Crippen LogP contribution is -2.48. The quantitative estimate of drug-likeness (QED) is 0.758. The van der Waals surface area contributed by atoms with Crippen molar-refractivity contribution >= 4 is 34.8 Å². The van der Waals surface area contributed by atoms with Gasteiger partial charge in [0.25, 0.3) is 5.91 Å². The van der Waals surface area contributed by atoms with Crippen LogP contribution in [0.2, 0.25) is 5.02 Å². The van der Waals surface area contributed by atoms with Gasteiger partial charge in [0.15, 0.2) is 0 Å². The molecule has 2 heterocycles. The number of hydrogen-bond acceptors (Lipinski definition) is 4. The summed E-state index contributed by atoms with van der Waals surface area (Å²) in [6.07, 6.45) is 7.29. The Hall–Kier alpha value is -1.92. The number of hydrogen-bond donors (Lipinski definition) is 1. The summed E-state index contributed by atoms with van der Waals surface area (Å²) in [6.45, 7) is 1.46. The maximum absolute atomic E-state index is 12.7. The Kier molecular flexibility index (Phi) is 6.50. The molecular weight excluding hydrogens is 406 g/mol. The maximum Gasteiger partial charge on any atom is 0.270 e. The average molecular weight is 432 g/mol. The van der Waals surface area contributed by atoms with E-state index in [0.717, 1.165) is 49.3 Å². The molecule has 1 aliphatic carbocycles. The second kappa shape index (κ2) is 9.26. The van der Waals surface area contributed by atoms with Gasteiger partial charge in [-0.25, -0.2) is 4.98 Å². The highest BCUT2D eigenvalue weighted by molar-refractivity contribution is 7.13. The van der Waals surface area contributed by atoms with E-state index >= 15 is 0 Å². The third-order valence-electron chi connectivity index (χ3n) is 5.92. The summed E-state index contributed by atoms with van der Waals surface area (Å²) < 4.78 is 0. The van der Waals surface area contributed by atoms with Gasteiger partial charge in [0, 0.05) is 41.0 Å². The Morgan fingerprint density at radius 3 is 2.41 bits per heavy atom. The second-order valence-electron chi connectivity index (χ2n) is 7.95. The smallest absolute Gasteiger partial charge is 0.270 e. The molecule has 0 bridgehead atoms. The number of thiazole rings is 1. The van der Waals surface area contributed by atoms with Crippen LogP contribution in [-0.4, -0.2) is 40.8 Å². The van der Waals surface area contributed by atoms with Crippen LogP contribution in [0.4, 0.5) is 0 Å². The maximum atomic E-state index is 12.7. The van der Waals surface area contributed by atoms with Gasteiger partial charge < -0.3 is 10.2 Å². The minimum absolute atomic E-state index is 0.0959. The molecule has 1 saturated heterocycles. The lowest BCUT2D eigenvalue weighted by Gasteiger charge is -2.35. The molecule has 0 atom stereocenters. The molecule has 1 saturated carbocycles. The number of nitrogens with one attached hydrogen (secondary N) is 1. The van der Waals surface area contributed by atoms with Gasteiger partial charge in [-0.15, -0.1) is 11.3 Å². The van der Waals surface area contributed by atoms with Crippen molar-refractivity contribution < 1.29 is 9.59 Å². The fraction of sp³-hybridized carbons (Fsp3) is 0.500. The highest BCUT2D eigenvalue weighted by Gasteiger charge is 2.29. The van der Waals surface area contributed by atoms with Crippen LogP contribution >= 0.6 is 22.9 Å². The van der Waals surface area contributed by atoms with Crippen LogP contribution in [0.5, 0.6) is 0 Å². The zero-order chi connectivity index (χ0) is 20.2. The SMILES string of the molecule is O=C(NC1CCN(C(=O)C2CCCCC2)CC1)c1csc(-c2ccc(Cl)cc2)n1. The minimum Gasteiger partial charge on any atom is -0.348 e. The van der Waals surface area contributed by atoms with Crippen molar-refractivity contribution in [2.75, 3.05) is 13.1 Å². The molecule has 7 heteroatoms. The van der Waals surface area contributed by atoms with Crippen LogP contribution in [0.25, 0.3) is 10.6 Å². The molecule has 29 heavy (non-hydrogen) atoms. The third-order valence-corrected chi connectivity index (χ3v) is 7.07. The number of carbonyl (C=O) groups is 2. The lowest BCUT2D eigenvalue weighted by atomic mass is 9.87. The number of piperidine rings is 1. The van der Waals surface area contributed by atoms with Gasteiger partial charge in [0.2, 0.25) is 5.91 Å². The van der Waals surface area contributed by atoms with E-state index in [0.29, 0.717) is 16.6 Å². The summed E-state index contributed by atoms with van der Waals surface area (Å²) in [6, 6.07) is 7.54. The first-order valence-corrected chi connectivity index (χ1v) is 11.7. The number of nitrogens with zero attached hydrogens (tertiary/aromatic N) is 2. The monoisotopic (exact) mass is 431 g/mol. The molecule has 5 nitrogen and oxygen atoms in total. The van der Waals surface area contributed by atoms with E-state index in [2.05, 4.69) is 10.3 Å². The number of halogens is 1. The van der Waals surface area contributed by atoms with Crippen molar-refractivity contribution in [3.05, 3.63) is 40.4 Å². The van der Waals surface area contributed by atoms with Gasteiger partial charge in [-0.3, -0.25) is 9.59 Å². The normalized spacial score (nSPS) is 18.6. The fourth-order valence-corrected chi connectivity index (χ4v) is 5.15. The predicted octanol–water partition coefficient (Wildman–Crippen LogP) is 4.76. The first-order chi connectivity index (χ1) is 14.1. The topological polar surface area (TPSA) is 62.3 Å². The van der Waals surface area contributed by atoms with Crippen LogP contribution in [0.15, 0.2) is 29.6 Å².